The highest BCUT2D eigenvalue weighted by Crippen LogP contribution is 2.35. The highest BCUT2D eigenvalue weighted by molar-refractivity contribution is 9.10. The molecule has 0 saturated carbocycles. The van der Waals surface area contributed by atoms with E-state index < -0.39 is 0 Å². The van der Waals surface area contributed by atoms with Gasteiger partial charge in [0.1, 0.15) is 0 Å². The SMILES string of the molecule is Cc1ccc2ncc(N)c(O)c2c1Br. The smallest absolute Gasteiger partial charge is 0.150 e. The molecule has 3 N–H and O–H groups in total. The number of fused-ring (bicyclic) bond motifs is 1. The van der Waals surface area contributed by atoms with E-state index in [-0.39, 0.29) is 5.75 Å². The molecule has 0 atom stereocenters. The van der Waals surface area contributed by atoms with Gasteiger partial charge in [-0.3, -0.25) is 4.98 Å². The number of aromatic nitrogens is 1. The summed E-state index contributed by atoms with van der Waals surface area (Å²) in [6.07, 6.45) is 1.46. The summed E-state index contributed by atoms with van der Waals surface area (Å²) in [7, 11) is 0. The van der Waals surface area contributed by atoms with E-state index in [1.807, 2.05) is 19.1 Å². The average molecular weight is 253 g/mol. The Hall–Kier alpha value is -1.29. The second kappa shape index (κ2) is 3.13. The number of nitrogens with zero attached hydrogens (tertiary/aromatic N) is 1. The Kier molecular flexibility index (Phi) is 2.07. The third kappa shape index (κ3) is 1.23. The van der Waals surface area contributed by atoms with E-state index in [1.54, 1.807) is 0 Å². The highest BCUT2D eigenvalue weighted by atomic mass is 79.9. The quantitative estimate of drug-likeness (QED) is 0.758. The molecule has 2 aromatic rings. The van der Waals surface area contributed by atoms with Crippen molar-refractivity contribution in [3.8, 4) is 5.75 Å². The minimum Gasteiger partial charge on any atom is -0.505 e. The number of benzene rings is 1. The molecule has 3 nitrogen and oxygen atoms in total. The van der Waals surface area contributed by atoms with E-state index in [4.69, 9.17) is 5.73 Å². The molecule has 4 heteroatoms. The highest BCUT2D eigenvalue weighted by Gasteiger charge is 2.09. The third-order valence-electron chi connectivity index (χ3n) is 2.17. The molecule has 1 heterocycles. The van der Waals surface area contributed by atoms with Crippen molar-refractivity contribution in [1.29, 1.82) is 0 Å². The molecule has 0 bridgehead atoms. The molecule has 0 fully saturated rings. The maximum atomic E-state index is 9.77. The van der Waals surface area contributed by atoms with Crippen molar-refractivity contribution < 1.29 is 5.11 Å². The molecule has 0 radical (unpaired) electrons. The molecule has 72 valence electrons. The van der Waals surface area contributed by atoms with Crippen molar-refractivity contribution in [2.24, 2.45) is 0 Å². The number of anilines is 1. The minimum atomic E-state index is 0.0885. The Morgan fingerprint density at radius 2 is 2.14 bits per heavy atom. The number of pyridine rings is 1. The minimum absolute atomic E-state index is 0.0885. The van der Waals surface area contributed by atoms with Gasteiger partial charge >= 0.3 is 0 Å². The Bertz CT molecular complexity index is 468. The largest absolute Gasteiger partial charge is 0.505 e. The summed E-state index contributed by atoms with van der Waals surface area (Å²) in [5.74, 6) is 0.0885. The van der Waals surface area contributed by atoms with Crippen molar-refractivity contribution in [1.82, 2.24) is 4.98 Å². The Morgan fingerprint density at radius 3 is 2.86 bits per heavy atom. The molecule has 0 spiro atoms. The van der Waals surface area contributed by atoms with Crippen molar-refractivity contribution in [2.45, 2.75) is 6.92 Å². The van der Waals surface area contributed by atoms with Crippen LogP contribution in [0.5, 0.6) is 5.75 Å². The molecular formula is C10H9BrN2O. The average Bonchev–Trinajstić information content (AvgIpc) is 2.17. The van der Waals surface area contributed by atoms with Crippen molar-refractivity contribution >= 4 is 32.5 Å². The number of aryl methyl sites for hydroxylation is 1. The normalized spacial score (nSPS) is 10.7. The van der Waals surface area contributed by atoms with Gasteiger partial charge in [0, 0.05) is 4.47 Å². The second-order valence-electron chi connectivity index (χ2n) is 3.15. The lowest BCUT2D eigenvalue weighted by Crippen LogP contribution is -1.90. The number of nitrogen functional groups attached to an aromatic ring is 1. The van der Waals surface area contributed by atoms with E-state index in [2.05, 4.69) is 20.9 Å². The molecule has 0 unspecified atom stereocenters. The van der Waals surface area contributed by atoms with E-state index in [9.17, 15) is 5.11 Å². The summed E-state index contributed by atoms with van der Waals surface area (Å²) < 4.78 is 0.840. The van der Waals surface area contributed by atoms with Gasteiger partial charge in [0.2, 0.25) is 0 Å². The number of hydrogen-bond acceptors (Lipinski definition) is 3. The molecule has 0 aliphatic carbocycles. The molecule has 14 heavy (non-hydrogen) atoms. The third-order valence-corrected chi connectivity index (χ3v) is 3.19. The van der Waals surface area contributed by atoms with Gasteiger partial charge in [0.15, 0.2) is 5.75 Å². The van der Waals surface area contributed by atoms with E-state index in [0.29, 0.717) is 11.1 Å². The van der Waals surface area contributed by atoms with Crippen LogP contribution in [0.15, 0.2) is 22.8 Å². The predicted octanol–water partition coefficient (Wildman–Crippen LogP) is 2.59. The van der Waals surface area contributed by atoms with Gasteiger partial charge in [0.25, 0.3) is 0 Å². The molecule has 1 aromatic carbocycles. The summed E-state index contributed by atoms with van der Waals surface area (Å²) in [5, 5.41) is 10.4. The fourth-order valence-corrected chi connectivity index (χ4v) is 1.87. The second-order valence-corrected chi connectivity index (χ2v) is 3.95. The van der Waals surface area contributed by atoms with Gasteiger partial charge in [-0.2, -0.15) is 0 Å². The van der Waals surface area contributed by atoms with Crippen LogP contribution >= 0.6 is 15.9 Å². The van der Waals surface area contributed by atoms with Crippen LogP contribution in [-0.2, 0) is 0 Å². The first-order chi connectivity index (χ1) is 6.61. The van der Waals surface area contributed by atoms with Gasteiger partial charge in [0.05, 0.1) is 22.8 Å². The predicted molar refractivity (Wildman–Crippen MR) is 60.3 cm³/mol. The van der Waals surface area contributed by atoms with Crippen LogP contribution < -0.4 is 5.73 Å². The lowest BCUT2D eigenvalue weighted by molar-refractivity contribution is 0.483. The molecular weight excluding hydrogens is 244 g/mol. The summed E-state index contributed by atoms with van der Waals surface area (Å²) >= 11 is 3.41. The number of halogens is 1. The van der Waals surface area contributed by atoms with Gasteiger partial charge < -0.3 is 10.8 Å². The Morgan fingerprint density at radius 1 is 1.43 bits per heavy atom. The standard InChI is InChI=1S/C10H9BrN2O/c1-5-2-3-7-8(9(5)11)10(14)6(12)4-13-7/h2-4H,12H2,1H3,(H,13,14). The number of nitrogens with two attached hydrogens (primary N) is 1. The zero-order valence-corrected chi connectivity index (χ0v) is 9.17. The van der Waals surface area contributed by atoms with Crippen LogP contribution in [0.4, 0.5) is 5.69 Å². The summed E-state index contributed by atoms with van der Waals surface area (Å²) in [5.41, 5.74) is 7.64. The van der Waals surface area contributed by atoms with Crippen LogP contribution in [0, 0.1) is 6.92 Å². The van der Waals surface area contributed by atoms with E-state index in [0.717, 1.165) is 15.6 Å². The van der Waals surface area contributed by atoms with Crippen LogP contribution in [0.3, 0.4) is 0 Å². The summed E-state index contributed by atoms with van der Waals surface area (Å²) in [6.45, 7) is 1.95. The molecule has 0 saturated heterocycles. The van der Waals surface area contributed by atoms with Gasteiger partial charge in [-0.05, 0) is 34.5 Å². The molecule has 2 rings (SSSR count). The molecule has 0 aliphatic heterocycles. The van der Waals surface area contributed by atoms with Crippen molar-refractivity contribution in [3.05, 3.63) is 28.4 Å². The fourth-order valence-electron chi connectivity index (χ4n) is 1.35. The first kappa shape index (κ1) is 9.27. The van der Waals surface area contributed by atoms with Crippen LogP contribution in [0.2, 0.25) is 0 Å². The topological polar surface area (TPSA) is 59.1 Å². The fraction of sp³-hybridized carbons (Fsp3) is 0.100. The van der Waals surface area contributed by atoms with Crippen molar-refractivity contribution in [3.63, 3.8) is 0 Å². The zero-order valence-electron chi connectivity index (χ0n) is 7.58. The Labute approximate surface area is 89.7 Å². The lowest BCUT2D eigenvalue weighted by atomic mass is 10.1. The lowest BCUT2D eigenvalue weighted by Gasteiger charge is -2.07. The van der Waals surface area contributed by atoms with Gasteiger partial charge in [-0.1, -0.05) is 6.07 Å². The monoisotopic (exact) mass is 252 g/mol. The maximum Gasteiger partial charge on any atom is 0.150 e. The summed E-state index contributed by atoms with van der Waals surface area (Å²) in [6, 6.07) is 3.80. The van der Waals surface area contributed by atoms with Crippen molar-refractivity contribution in [2.75, 3.05) is 5.73 Å². The van der Waals surface area contributed by atoms with Crippen LogP contribution in [0.25, 0.3) is 10.9 Å². The van der Waals surface area contributed by atoms with E-state index >= 15 is 0 Å². The van der Waals surface area contributed by atoms with Crippen LogP contribution in [0.1, 0.15) is 5.56 Å². The van der Waals surface area contributed by atoms with Gasteiger partial charge in [-0.25, -0.2) is 0 Å². The molecule has 1 aromatic heterocycles. The van der Waals surface area contributed by atoms with Gasteiger partial charge in [-0.15, -0.1) is 0 Å². The molecule has 0 amide bonds. The van der Waals surface area contributed by atoms with E-state index in [1.165, 1.54) is 6.20 Å². The first-order valence-corrected chi connectivity index (χ1v) is 4.93. The number of aromatic hydroxyl groups is 1. The number of hydrogen-bond donors (Lipinski definition) is 2. The molecule has 0 aliphatic rings. The summed E-state index contributed by atoms with van der Waals surface area (Å²) in [4.78, 5) is 4.13. The maximum absolute atomic E-state index is 9.77. The Balaban J connectivity index is 2.98. The zero-order chi connectivity index (χ0) is 10.3. The van der Waals surface area contributed by atoms with Crippen LogP contribution in [-0.4, -0.2) is 10.1 Å². The number of rotatable bonds is 0. The first-order valence-electron chi connectivity index (χ1n) is 4.13.